The second kappa shape index (κ2) is 7.71. The summed E-state index contributed by atoms with van der Waals surface area (Å²) in [6, 6.07) is 11.9. The van der Waals surface area contributed by atoms with Crippen LogP contribution in [0.25, 0.3) is 5.69 Å². The number of carbonyl (C=O) groups excluding carboxylic acids is 1. The van der Waals surface area contributed by atoms with E-state index in [1.807, 2.05) is 24.3 Å². The van der Waals surface area contributed by atoms with E-state index in [9.17, 15) is 4.79 Å². The highest BCUT2D eigenvalue weighted by Crippen LogP contribution is 2.36. The van der Waals surface area contributed by atoms with E-state index in [1.54, 1.807) is 0 Å². The average molecular weight is 366 g/mol. The van der Waals surface area contributed by atoms with Crippen LogP contribution in [0.2, 0.25) is 0 Å². The topological polar surface area (TPSA) is 46.4 Å². The summed E-state index contributed by atoms with van der Waals surface area (Å²) < 4.78 is 2.18. The van der Waals surface area contributed by atoms with E-state index in [0.717, 1.165) is 43.0 Å². The summed E-state index contributed by atoms with van der Waals surface area (Å²) >= 11 is 0. The fourth-order valence-electron chi connectivity index (χ4n) is 3.96. The minimum absolute atomic E-state index is 0.145. The van der Waals surface area contributed by atoms with Gasteiger partial charge in [0.05, 0.1) is 0 Å². The van der Waals surface area contributed by atoms with Crippen LogP contribution in [0, 0.1) is 25.2 Å². The molecule has 27 heavy (non-hydrogen) atoms. The highest BCUT2D eigenvalue weighted by atomic mass is 16.2. The summed E-state index contributed by atoms with van der Waals surface area (Å²) in [6.07, 6.45) is 4.27. The SMILES string of the molecule is Cc1ccc(C)n1-c1ccc(C(=O)NN=C2CCC(C(C)(C)C)CC2)cc1. The Hall–Kier alpha value is -2.36. The molecule has 0 saturated heterocycles. The molecule has 1 amide bonds. The van der Waals surface area contributed by atoms with Crippen LogP contribution in [0.3, 0.4) is 0 Å². The van der Waals surface area contributed by atoms with Gasteiger partial charge in [0.1, 0.15) is 0 Å². The van der Waals surface area contributed by atoms with Crippen molar-refractivity contribution in [3.8, 4) is 5.69 Å². The standard InChI is InChI=1S/C23H31N3O/c1-16-6-7-17(2)26(16)21-14-8-18(9-15-21)22(27)25-24-20-12-10-19(11-13-20)23(3,4)5/h6-9,14-15,19H,10-13H2,1-5H3,(H,25,27). The van der Waals surface area contributed by atoms with Gasteiger partial charge in [0.2, 0.25) is 0 Å². The molecule has 1 heterocycles. The summed E-state index contributed by atoms with van der Waals surface area (Å²) in [4.78, 5) is 12.4. The van der Waals surface area contributed by atoms with E-state index < -0.39 is 0 Å². The van der Waals surface area contributed by atoms with E-state index in [4.69, 9.17) is 0 Å². The third-order valence-electron chi connectivity index (χ3n) is 5.76. The Balaban J connectivity index is 1.61. The van der Waals surface area contributed by atoms with E-state index in [1.165, 1.54) is 11.4 Å². The minimum atomic E-state index is -0.145. The van der Waals surface area contributed by atoms with Crippen molar-refractivity contribution in [1.29, 1.82) is 0 Å². The van der Waals surface area contributed by atoms with Crippen molar-refractivity contribution in [2.45, 2.75) is 60.3 Å². The van der Waals surface area contributed by atoms with Gasteiger partial charge in [0.15, 0.2) is 0 Å². The number of nitrogens with one attached hydrogen (secondary N) is 1. The maximum absolute atomic E-state index is 12.4. The zero-order chi connectivity index (χ0) is 19.6. The molecule has 1 aliphatic carbocycles. The molecule has 1 aliphatic rings. The lowest BCUT2D eigenvalue weighted by Crippen LogP contribution is -2.27. The van der Waals surface area contributed by atoms with Gasteiger partial charge in [-0.2, -0.15) is 5.10 Å². The first-order chi connectivity index (χ1) is 12.8. The maximum atomic E-state index is 12.4. The van der Waals surface area contributed by atoms with Crippen molar-refractivity contribution in [3.05, 3.63) is 53.3 Å². The molecule has 0 spiro atoms. The molecular weight excluding hydrogens is 334 g/mol. The third kappa shape index (κ3) is 4.49. The average Bonchev–Trinajstić information content (AvgIpc) is 2.98. The quantitative estimate of drug-likeness (QED) is 0.726. The second-order valence-corrected chi connectivity index (χ2v) is 8.76. The summed E-state index contributed by atoms with van der Waals surface area (Å²) in [6.45, 7) is 11.1. The molecule has 4 nitrogen and oxygen atoms in total. The first-order valence-electron chi connectivity index (χ1n) is 9.87. The molecule has 0 atom stereocenters. The molecule has 2 aromatic rings. The van der Waals surface area contributed by atoms with Gasteiger partial charge >= 0.3 is 0 Å². The second-order valence-electron chi connectivity index (χ2n) is 8.76. The van der Waals surface area contributed by atoms with Gasteiger partial charge in [-0.3, -0.25) is 4.79 Å². The van der Waals surface area contributed by atoms with Crippen LogP contribution in [0.15, 0.2) is 41.5 Å². The Morgan fingerprint density at radius 1 is 1.00 bits per heavy atom. The highest BCUT2D eigenvalue weighted by Gasteiger charge is 2.28. The Bertz CT molecular complexity index is 808. The summed E-state index contributed by atoms with van der Waals surface area (Å²) in [5, 5.41) is 4.39. The Labute approximate surface area is 162 Å². The lowest BCUT2D eigenvalue weighted by atomic mass is 9.72. The van der Waals surface area contributed by atoms with E-state index in [2.05, 4.69) is 61.8 Å². The van der Waals surface area contributed by atoms with E-state index >= 15 is 0 Å². The number of carbonyl (C=O) groups is 1. The van der Waals surface area contributed by atoms with Crippen LogP contribution >= 0.6 is 0 Å². The van der Waals surface area contributed by atoms with Crippen molar-refractivity contribution < 1.29 is 4.79 Å². The van der Waals surface area contributed by atoms with Gasteiger partial charge < -0.3 is 4.57 Å². The van der Waals surface area contributed by atoms with Gasteiger partial charge in [-0.05, 0) is 87.3 Å². The molecule has 0 unspecified atom stereocenters. The molecule has 1 saturated carbocycles. The number of aryl methyl sites for hydroxylation is 2. The Morgan fingerprint density at radius 3 is 2.07 bits per heavy atom. The fraction of sp³-hybridized carbons (Fsp3) is 0.478. The zero-order valence-corrected chi connectivity index (χ0v) is 17.2. The van der Waals surface area contributed by atoms with Gasteiger partial charge in [0, 0.05) is 28.4 Å². The van der Waals surface area contributed by atoms with Gasteiger partial charge in [-0.25, -0.2) is 5.43 Å². The monoisotopic (exact) mass is 365 g/mol. The number of rotatable bonds is 3. The van der Waals surface area contributed by atoms with E-state index in [0.29, 0.717) is 11.0 Å². The van der Waals surface area contributed by atoms with Gasteiger partial charge in [-0.1, -0.05) is 20.8 Å². The van der Waals surface area contributed by atoms with Crippen molar-refractivity contribution in [1.82, 2.24) is 9.99 Å². The molecule has 4 heteroatoms. The number of nitrogens with zero attached hydrogens (tertiary/aromatic N) is 2. The maximum Gasteiger partial charge on any atom is 0.271 e. The molecule has 1 N–H and O–H groups in total. The molecule has 0 bridgehead atoms. The molecule has 1 aromatic heterocycles. The van der Waals surface area contributed by atoms with Crippen molar-refractivity contribution >= 4 is 11.6 Å². The first-order valence-corrected chi connectivity index (χ1v) is 9.87. The summed E-state index contributed by atoms with van der Waals surface area (Å²) in [5.74, 6) is 0.591. The largest absolute Gasteiger partial charge is 0.319 e. The predicted octanol–water partition coefficient (Wildman–Crippen LogP) is 5.42. The van der Waals surface area contributed by atoms with Crippen molar-refractivity contribution in [2.75, 3.05) is 0 Å². The smallest absolute Gasteiger partial charge is 0.271 e. The van der Waals surface area contributed by atoms with Crippen LogP contribution in [-0.2, 0) is 0 Å². The number of amides is 1. The molecule has 3 rings (SSSR count). The van der Waals surface area contributed by atoms with Crippen LogP contribution in [0.4, 0.5) is 0 Å². The third-order valence-corrected chi connectivity index (χ3v) is 5.76. The number of aromatic nitrogens is 1. The fourth-order valence-corrected chi connectivity index (χ4v) is 3.96. The molecule has 1 fully saturated rings. The van der Waals surface area contributed by atoms with Crippen molar-refractivity contribution in [3.63, 3.8) is 0 Å². The molecule has 0 radical (unpaired) electrons. The number of hydrogen-bond acceptors (Lipinski definition) is 2. The van der Waals surface area contributed by atoms with Gasteiger partial charge in [-0.15, -0.1) is 0 Å². The number of benzene rings is 1. The predicted molar refractivity (Wildman–Crippen MR) is 112 cm³/mol. The van der Waals surface area contributed by atoms with Crippen LogP contribution in [0.5, 0.6) is 0 Å². The van der Waals surface area contributed by atoms with Crippen LogP contribution in [-0.4, -0.2) is 16.2 Å². The molecule has 1 aromatic carbocycles. The normalized spacial score (nSPS) is 17.7. The lowest BCUT2D eigenvalue weighted by molar-refractivity contribution is 0.0954. The van der Waals surface area contributed by atoms with Crippen LogP contribution < -0.4 is 5.43 Å². The number of hydrazone groups is 1. The minimum Gasteiger partial charge on any atom is -0.319 e. The number of hydrogen-bond donors (Lipinski definition) is 1. The highest BCUT2D eigenvalue weighted by molar-refractivity contribution is 5.95. The lowest BCUT2D eigenvalue weighted by Gasteiger charge is -2.34. The summed E-state index contributed by atoms with van der Waals surface area (Å²) in [7, 11) is 0. The molecule has 0 aliphatic heterocycles. The Kier molecular flexibility index (Phi) is 5.54. The van der Waals surface area contributed by atoms with Crippen LogP contribution in [0.1, 0.15) is 68.2 Å². The zero-order valence-electron chi connectivity index (χ0n) is 17.2. The molecular formula is C23H31N3O. The molecule has 144 valence electrons. The summed E-state index contributed by atoms with van der Waals surface area (Å²) in [5.41, 5.74) is 8.27. The van der Waals surface area contributed by atoms with Crippen molar-refractivity contribution in [2.24, 2.45) is 16.4 Å². The Morgan fingerprint density at radius 2 is 1.56 bits per heavy atom. The van der Waals surface area contributed by atoms with E-state index in [-0.39, 0.29) is 5.91 Å². The first kappa shape index (κ1) is 19.4. The van der Waals surface area contributed by atoms with Gasteiger partial charge in [0.25, 0.3) is 5.91 Å².